The lowest BCUT2D eigenvalue weighted by molar-refractivity contribution is -0.164. The summed E-state index contributed by atoms with van der Waals surface area (Å²) in [5, 5.41) is 4.62. The van der Waals surface area contributed by atoms with E-state index in [2.05, 4.69) is 10.3 Å². The summed E-state index contributed by atoms with van der Waals surface area (Å²) in [6.07, 6.45) is -0.0598. The second kappa shape index (κ2) is 6.82. The number of carbonyl (C=O) groups is 1. The number of nitrogens with zero attached hydrogens (tertiary/aromatic N) is 2. The molecule has 130 valence electrons. The summed E-state index contributed by atoms with van der Waals surface area (Å²) in [5.41, 5.74) is -0.170. The first-order valence-electron chi connectivity index (χ1n) is 7.69. The van der Waals surface area contributed by atoms with Crippen molar-refractivity contribution >= 4 is 29.0 Å². The molecule has 1 aliphatic rings. The zero-order valence-electron chi connectivity index (χ0n) is 13.8. The van der Waals surface area contributed by atoms with Gasteiger partial charge in [0.1, 0.15) is 5.82 Å². The number of aliphatic imine (C=N–C) groups is 1. The van der Waals surface area contributed by atoms with Crippen LogP contribution < -0.4 is 5.32 Å². The van der Waals surface area contributed by atoms with Crippen molar-refractivity contribution in [3.05, 3.63) is 64.9 Å². The first kappa shape index (κ1) is 17.4. The Morgan fingerprint density at radius 2 is 2.08 bits per heavy atom. The number of carbonyl (C=O) groups excluding carboxylic acids is 1. The van der Waals surface area contributed by atoms with E-state index in [9.17, 15) is 9.18 Å². The van der Waals surface area contributed by atoms with Gasteiger partial charge in [-0.15, -0.1) is 0 Å². The molecule has 1 unspecified atom stereocenters. The van der Waals surface area contributed by atoms with Crippen LogP contribution in [0.1, 0.15) is 18.9 Å². The fourth-order valence-corrected chi connectivity index (χ4v) is 2.84. The molecule has 0 saturated carbocycles. The van der Waals surface area contributed by atoms with E-state index in [4.69, 9.17) is 16.4 Å². The van der Waals surface area contributed by atoms with Gasteiger partial charge in [0.15, 0.2) is 11.6 Å². The van der Waals surface area contributed by atoms with Gasteiger partial charge in [-0.3, -0.25) is 4.79 Å². The Labute approximate surface area is 150 Å². The van der Waals surface area contributed by atoms with Crippen molar-refractivity contribution in [1.82, 2.24) is 5.06 Å². The Hall–Kier alpha value is -2.44. The number of amides is 1. The Bertz CT molecular complexity index is 843. The van der Waals surface area contributed by atoms with Crippen molar-refractivity contribution in [3.63, 3.8) is 0 Å². The maximum atomic E-state index is 13.6. The smallest absolute Gasteiger partial charge is 0.229 e. The molecule has 0 spiro atoms. The molecule has 1 amide bonds. The molecule has 0 fully saturated rings. The van der Waals surface area contributed by atoms with Crippen LogP contribution in [-0.4, -0.2) is 29.6 Å². The van der Waals surface area contributed by atoms with Crippen LogP contribution in [0.2, 0.25) is 5.02 Å². The summed E-state index contributed by atoms with van der Waals surface area (Å²) in [5.74, 6) is -0.311. The fraction of sp³-hybridized carbons (Fsp3) is 0.222. The van der Waals surface area contributed by atoms with Crippen LogP contribution in [0.5, 0.6) is 0 Å². The molecule has 0 bridgehead atoms. The highest BCUT2D eigenvalue weighted by Crippen LogP contribution is 2.29. The molecule has 25 heavy (non-hydrogen) atoms. The molecular weight excluding hydrogens is 345 g/mol. The molecule has 1 N–H and O–H groups in total. The number of anilines is 1. The molecule has 1 aliphatic heterocycles. The molecule has 0 aliphatic carbocycles. The summed E-state index contributed by atoms with van der Waals surface area (Å²) in [6.45, 7) is 1.70. The molecule has 2 aromatic rings. The SMILES string of the molecule is CN1OC(C)(CC(=O)Nc2ccccc2F)N=C1c1cccc(Cl)c1. The van der Waals surface area contributed by atoms with Crippen LogP contribution in [0, 0.1) is 5.82 Å². The first-order chi connectivity index (χ1) is 11.9. The number of halogens is 2. The highest BCUT2D eigenvalue weighted by atomic mass is 35.5. The average molecular weight is 362 g/mol. The minimum absolute atomic E-state index is 0.0598. The van der Waals surface area contributed by atoms with Crippen molar-refractivity contribution in [2.24, 2.45) is 4.99 Å². The van der Waals surface area contributed by atoms with Crippen LogP contribution >= 0.6 is 11.6 Å². The van der Waals surface area contributed by atoms with E-state index in [-0.39, 0.29) is 12.1 Å². The zero-order valence-corrected chi connectivity index (χ0v) is 14.5. The summed E-state index contributed by atoms with van der Waals surface area (Å²) in [4.78, 5) is 22.5. The van der Waals surface area contributed by atoms with Gasteiger partial charge in [-0.1, -0.05) is 35.9 Å². The Balaban J connectivity index is 1.76. The van der Waals surface area contributed by atoms with Gasteiger partial charge in [0.05, 0.1) is 12.1 Å². The molecular formula is C18H17ClFN3O2. The van der Waals surface area contributed by atoms with Gasteiger partial charge in [-0.05, 0) is 31.2 Å². The molecule has 0 radical (unpaired) electrons. The van der Waals surface area contributed by atoms with E-state index in [0.717, 1.165) is 5.56 Å². The van der Waals surface area contributed by atoms with Crippen LogP contribution in [0.15, 0.2) is 53.5 Å². The monoisotopic (exact) mass is 361 g/mol. The van der Waals surface area contributed by atoms with Gasteiger partial charge in [0.2, 0.25) is 5.91 Å². The number of hydrogen-bond donors (Lipinski definition) is 1. The minimum atomic E-state index is -1.08. The highest BCUT2D eigenvalue weighted by molar-refractivity contribution is 6.31. The minimum Gasteiger partial charge on any atom is -0.323 e. The normalized spacial score (nSPS) is 19.7. The maximum Gasteiger partial charge on any atom is 0.229 e. The van der Waals surface area contributed by atoms with E-state index in [1.807, 2.05) is 12.1 Å². The third-order valence-corrected chi connectivity index (χ3v) is 3.93. The molecule has 3 rings (SSSR count). The lowest BCUT2D eigenvalue weighted by Crippen LogP contribution is -2.32. The Kier molecular flexibility index (Phi) is 4.74. The van der Waals surface area contributed by atoms with Crippen LogP contribution in [-0.2, 0) is 9.63 Å². The number of hydrogen-bond acceptors (Lipinski definition) is 4. The largest absolute Gasteiger partial charge is 0.323 e. The van der Waals surface area contributed by atoms with E-state index in [0.29, 0.717) is 10.9 Å². The lowest BCUT2D eigenvalue weighted by Gasteiger charge is -2.21. The van der Waals surface area contributed by atoms with Crippen LogP contribution in [0.25, 0.3) is 0 Å². The van der Waals surface area contributed by atoms with Gasteiger partial charge in [0, 0.05) is 17.6 Å². The van der Waals surface area contributed by atoms with Crippen molar-refractivity contribution in [2.75, 3.05) is 12.4 Å². The Morgan fingerprint density at radius 1 is 1.32 bits per heavy atom. The quantitative estimate of drug-likeness (QED) is 0.900. The van der Waals surface area contributed by atoms with Gasteiger partial charge in [0.25, 0.3) is 0 Å². The molecule has 7 heteroatoms. The van der Waals surface area contributed by atoms with Crippen molar-refractivity contribution < 1.29 is 14.0 Å². The predicted molar refractivity (Wildman–Crippen MR) is 94.9 cm³/mol. The molecule has 5 nitrogen and oxygen atoms in total. The first-order valence-corrected chi connectivity index (χ1v) is 8.07. The van der Waals surface area contributed by atoms with E-state index in [1.165, 1.54) is 17.2 Å². The third-order valence-electron chi connectivity index (χ3n) is 3.69. The number of nitrogens with one attached hydrogen (secondary N) is 1. The van der Waals surface area contributed by atoms with Crippen LogP contribution in [0.3, 0.4) is 0 Å². The fourth-order valence-electron chi connectivity index (χ4n) is 2.65. The predicted octanol–water partition coefficient (Wildman–Crippen LogP) is 3.85. The van der Waals surface area contributed by atoms with Gasteiger partial charge in [-0.25, -0.2) is 19.3 Å². The number of para-hydroxylation sites is 1. The number of amidine groups is 1. The lowest BCUT2D eigenvalue weighted by atomic mass is 10.1. The topological polar surface area (TPSA) is 53.9 Å². The number of benzene rings is 2. The molecule has 0 aromatic heterocycles. The summed E-state index contributed by atoms with van der Waals surface area (Å²) in [7, 11) is 1.71. The van der Waals surface area contributed by atoms with Gasteiger partial charge < -0.3 is 5.32 Å². The molecule has 1 heterocycles. The standard InChI is InChI=1S/C18H17ClFN3O2/c1-18(11-16(24)21-15-9-4-3-8-14(15)20)22-17(23(2)25-18)12-6-5-7-13(19)10-12/h3-10H,11H2,1-2H3,(H,21,24). The molecule has 2 aromatic carbocycles. The van der Waals surface area contributed by atoms with Crippen molar-refractivity contribution in [3.8, 4) is 0 Å². The molecule has 0 saturated heterocycles. The van der Waals surface area contributed by atoms with Gasteiger partial charge in [-0.2, -0.15) is 0 Å². The number of rotatable bonds is 4. The van der Waals surface area contributed by atoms with Crippen molar-refractivity contribution in [1.29, 1.82) is 0 Å². The molecule has 1 atom stereocenters. The summed E-state index contributed by atoms with van der Waals surface area (Å²) >= 11 is 6.02. The summed E-state index contributed by atoms with van der Waals surface area (Å²) in [6, 6.07) is 13.2. The maximum absolute atomic E-state index is 13.6. The zero-order chi connectivity index (χ0) is 18.0. The Morgan fingerprint density at radius 3 is 2.80 bits per heavy atom. The van der Waals surface area contributed by atoms with Crippen LogP contribution in [0.4, 0.5) is 10.1 Å². The van der Waals surface area contributed by atoms with E-state index < -0.39 is 17.4 Å². The third kappa shape index (κ3) is 3.97. The second-order valence-corrected chi connectivity index (χ2v) is 6.35. The number of hydroxylamine groups is 2. The second-order valence-electron chi connectivity index (χ2n) is 5.91. The summed E-state index contributed by atoms with van der Waals surface area (Å²) < 4.78 is 13.6. The van der Waals surface area contributed by atoms with E-state index in [1.54, 1.807) is 38.2 Å². The van der Waals surface area contributed by atoms with Crippen molar-refractivity contribution in [2.45, 2.75) is 19.1 Å². The van der Waals surface area contributed by atoms with Gasteiger partial charge >= 0.3 is 0 Å². The average Bonchev–Trinajstić information content (AvgIpc) is 2.84. The highest BCUT2D eigenvalue weighted by Gasteiger charge is 2.38. The van der Waals surface area contributed by atoms with E-state index >= 15 is 0 Å².